The van der Waals surface area contributed by atoms with E-state index in [9.17, 15) is 4.79 Å². The molecule has 4 heteroatoms. The topological polar surface area (TPSA) is 26.3 Å². The molecule has 0 saturated carbocycles. The summed E-state index contributed by atoms with van der Waals surface area (Å²) in [7, 11) is 0. The van der Waals surface area contributed by atoms with Crippen molar-refractivity contribution in [1.82, 2.24) is 0 Å². The molecule has 0 aromatic heterocycles. The Bertz CT molecular complexity index is 335. The molecule has 0 spiro atoms. The number of hydrogen-bond donors (Lipinski definition) is 0. The molecule has 0 amide bonds. The number of carbonyl (C=O) groups excluding carboxylic acids is 1. The highest BCUT2D eigenvalue weighted by Gasteiger charge is 2.04. The van der Waals surface area contributed by atoms with E-state index in [4.69, 9.17) is 4.74 Å². The van der Waals surface area contributed by atoms with Gasteiger partial charge in [0, 0.05) is 9.37 Å². The van der Waals surface area contributed by atoms with Gasteiger partial charge in [-0.25, -0.2) is 0 Å². The molecule has 0 atom stereocenters. The van der Waals surface area contributed by atoms with E-state index in [1.165, 1.54) is 11.8 Å². The van der Waals surface area contributed by atoms with Crippen molar-refractivity contribution in [3.8, 4) is 0 Å². The van der Waals surface area contributed by atoms with E-state index in [2.05, 4.69) is 15.9 Å². The summed E-state index contributed by atoms with van der Waals surface area (Å²) < 4.78 is 6.29. The Hall–Kier alpha value is -0.320. The minimum Gasteiger partial charge on any atom is -0.371 e. The minimum absolute atomic E-state index is 0.113. The molecule has 0 heterocycles. The SMILES string of the molecule is CC(C)OCC(=O)CSc1ccc(Br)cc1. The quantitative estimate of drug-likeness (QED) is 0.752. The van der Waals surface area contributed by atoms with E-state index in [0.29, 0.717) is 5.75 Å². The molecule has 0 fully saturated rings. The number of thioether (sulfide) groups is 1. The second kappa shape index (κ2) is 7.09. The first-order chi connectivity index (χ1) is 7.58. The van der Waals surface area contributed by atoms with Gasteiger partial charge in [-0.05, 0) is 38.1 Å². The third-order valence-electron chi connectivity index (χ3n) is 1.79. The second-order valence-corrected chi connectivity index (χ2v) is 5.61. The zero-order valence-electron chi connectivity index (χ0n) is 9.40. The van der Waals surface area contributed by atoms with Crippen LogP contribution in [0.3, 0.4) is 0 Å². The number of ether oxygens (including phenoxy) is 1. The normalized spacial score (nSPS) is 10.8. The Balaban J connectivity index is 2.29. The Morgan fingerprint density at radius 3 is 2.56 bits per heavy atom. The highest BCUT2D eigenvalue weighted by Crippen LogP contribution is 2.20. The van der Waals surface area contributed by atoms with E-state index in [0.717, 1.165) is 9.37 Å². The van der Waals surface area contributed by atoms with Gasteiger partial charge >= 0.3 is 0 Å². The van der Waals surface area contributed by atoms with Gasteiger partial charge < -0.3 is 4.74 Å². The second-order valence-electron chi connectivity index (χ2n) is 3.64. The first-order valence-electron chi connectivity index (χ1n) is 5.09. The average Bonchev–Trinajstić information content (AvgIpc) is 2.25. The molecule has 0 aliphatic rings. The van der Waals surface area contributed by atoms with E-state index >= 15 is 0 Å². The van der Waals surface area contributed by atoms with Crippen LogP contribution in [-0.4, -0.2) is 24.2 Å². The lowest BCUT2D eigenvalue weighted by atomic mass is 10.4. The maximum absolute atomic E-state index is 11.4. The van der Waals surface area contributed by atoms with Crippen LogP contribution in [0, 0.1) is 0 Å². The molecule has 0 unspecified atom stereocenters. The molecule has 0 saturated heterocycles. The Labute approximate surface area is 109 Å². The van der Waals surface area contributed by atoms with E-state index in [-0.39, 0.29) is 18.5 Å². The van der Waals surface area contributed by atoms with Gasteiger partial charge in [-0.3, -0.25) is 4.79 Å². The predicted octanol–water partition coefficient (Wildman–Crippen LogP) is 3.54. The molecule has 0 aliphatic heterocycles. The van der Waals surface area contributed by atoms with Gasteiger partial charge in [0.1, 0.15) is 6.61 Å². The zero-order chi connectivity index (χ0) is 12.0. The summed E-state index contributed by atoms with van der Waals surface area (Å²) in [6.07, 6.45) is 0.113. The van der Waals surface area contributed by atoms with Crippen molar-refractivity contribution in [1.29, 1.82) is 0 Å². The van der Waals surface area contributed by atoms with Crippen LogP contribution in [-0.2, 0) is 9.53 Å². The summed E-state index contributed by atoms with van der Waals surface area (Å²) in [6.45, 7) is 4.06. The highest BCUT2D eigenvalue weighted by molar-refractivity contribution is 9.10. The van der Waals surface area contributed by atoms with E-state index in [1.807, 2.05) is 38.1 Å². The third-order valence-corrected chi connectivity index (χ3v) is 3.39. The first-order valence-corrected chi connectivity index (χ1v) is 6.87. The van der Waals surface area contributed by atoms with Crippen LogP contribution in [0.5, 0.6) is 0 Å². The lowest BCUT2D eigenvalue weighted by Crippen LogP contribution is -2.14. The van der Waals surface area contributed by atoms with Crippen molar-refractivity contribution in [2.24, 2.45) is 0 Å². The van der Waals surface area contributed by atoms with Crippen LogP contribution in [0.25, 0.3) is 0 Å². The van der Waals surface area contributed by atoms with E-state index < -0.39 is 0 Å². The van der Waals surface area contributed by atoms with E-state index in [1.54, 1.807) is 0 Å². The number of carbonyl (C=O) groups is 1. The predicted molar refractivity (Wildman–Crippen MR) is 71.0 cm³/mol. The molecule has 0 N–H and O–H groups in total. The van der Waals surface area contributed by atoms with Gasteiger partial charge in [0.25, 0.3) is 0 Å². The zero-order valence-corrected chi connectivity index (χ0v) is 11.8. The lowest BCUT2D eigenvalue weighted by molar-refractivity contribution is -0.122. The van der Waals surface area contributed by atoms with Crippen LogP contribution in [0.2, 0.25) is 0 Å². The van der Waals surface area contributed by atoms with Crippen LogP contribution in [0.15, 0.2) is 33.6 Å². The van der Waals surface area contributed by atoms with Gasteiger partial charge in [-0.15, -0.1) is 11.8 Å². The molecule has 2 nitrogen and oxygen atoms in total. The Kier molecular flexibility index (Phi) is 6.09. The molecule has 0 radical (unpaired) electrons. The molecule has 1 aromatic rings. The van der Waals surface area contributed by atoms with Gasteiger partial charge in [-0.1, -0.05) is 15.9 Å². The summed E-state index contributed by atoms with van der Waals surface area (Å²) in [5.74, 6) is 0.593. The standard InChI is InChI=1S/C12H15BrO2S/c1-9(2)15-7-11(14)8-16-12-5-3-10(13)4-6-12/h3-6,9H,7-8H2,1-2H3. The number of ketones is 1. The van der Waals surface area contributed by atoms with Crippen LogP contribution < -0.4 is 0 Å². The summed E-state index contributed by atoms with van der Waals surface area (Å²) in [6, 6.07) is 7.92. The van der Waals surface area contributed by atoms with Gasteiger partial charge in [0.05, 0.1) is 11.9 Å². The van der Waals surface area contributed by atoms with Crippen molar-refractivity contribution in [2.45, 2.75) is 24.8 Å². The van der Waals surface area contributed by atoms with Crippen LogP contribution in [0.4, 0.5) is 0 Å². The van der Waals surface area contributed by atoms with Crippen molar-refractivity contribution in [2.75, 3.05) is 12.4 Å². The molecule has 1 aromatic carbocycles. The summed E-state index contributed by atoms with van der Waals surface area (Å²) in [4.78, 5) is 12.5. The number of benzene rings is 1. The smallest absolute Gasteiger partial charge is 0.168 e. The average molecular weight is 303 g/mol. The molecule has 1 rings (SSSR count). The molecule has 0 aliphatic carbocycles. The van der Waals surface area contributed by atoms with Crippen molar-refractivity contribution in [3.05, 3.63) is 28.7 Å². The largest absolute Gasteiger partial charge is 0.371 e. The number of hydrogen-bond acceptors (Lipinski definition) is 3. The Morgan fingerprint density at radius 2 is 2.00 bits per heavy atom. The fourth-order valence-corrected chi connectivity index (χ4v) is 2.00. The number of halogens is 1. The first kappa shape index (κ1) is 13.7. The highest BCUT2D eigenvalue weighted by atomic mass is 79.9. The fraction of sp³-hybridized carbons (Fsp3) is 0.417. The monoisotopic (exact) mass is 302 g/mol. The molecule has 0 bridgehead atoms. The maximum Gasteiger partial charge on any atom is 0.168 e. The summed E-state index contributed by atoms with van der Waals surface area (Å²) in [5.41, 5.74) is 0. The summed E-state index contributed by atoms with van der Waals surface area (Å²) >= 11 is 4.91. The van der Waals surface area contributed by atoms with Gasteiger partial charge in [0.15, 0.2) is 5.78 Å². The minimum atomic E-state index is 0.113. The summed E-state index contributed by atoms with van der Waals surface area (Å²) in [5, 5.41) is 0. The van der Waals surface area contributed by atoms with Crippen molar-refractivity contribution in [3.63, 3.8) is 0 Å². The maximum atomic E-state index is 11.4. The molecule has 16 heavy (non-hydrogen) atoms. The van der Waals surface area contributed by atoms with Crippen molar-refractivity contribution >= 4 is 33.5 Å². The number of Topliss-reactive ketones (excluding diaryl/α,β-unsaturated/α-hetero) is 1. The van der Waals surface area contributed by atoms with Gasteiger partial charge in [-0.2, -0.15) is 0 Å². The Morgan fingerprint density at radius 1 is 1.38 bits per heavy atom. The molecular formula is C12H15BrO2S. The number of rotatable bonds is 6. The van der Waals surface area contributed by atoms with Crippen LogP contribution in [0.1, 0.15) is 13.8 Å². The third kappa shape index (κ3) is 5.68. The molecular weight excluding hydrogens is 288 g/mol. The fourth-order valence-electron chi connectivity index (χ4n) is 0.996. The molecule has 88 valence electrons. The van der Waals surface area contributed by atoms with Gasteiger partial charge in [0.2, 0.25) is 0 Å². The van der Waals surface area contributed by atoms with Crippen LogP contribution >= 0.6 is 27.7 Å². The lowest BCUT2D eigenvalue weighted by Gasteiger charge is -2.06. The van der Waals surface area contributed by atoms with Crippen molar-refractivity contribution < 1.29 is 9.53 Å².